The van der Waals surface area contributed by atoms with Crippen LogP contribution in [0.25, 0.3) is 0 Å². The summed E-state index contributed by atoms with van der Waals surface area (Å²) >= 11 is 3.54. The first-order valence-corrected chi connectivity index (χ1v) is 8.18. The number of nitriles is 1. The summed E-state index contributed by atoms with van der Waals surface area (Å²) in [5.41, 5.74) is 1.57. The zero-order valence-corrected chi connectivity index (χ0v) is 14.7. The molecule has 0 spiro atoms. The molecule has 0 saturated heterocycles. The van der Waals surface area contributed by atoms with Crippen LogP contribution in [0.15, 0.2) is 40.9 Å². The molecule has 0 fully saturated rings. The zero-order valence-electron chi connectivity index (χ0n) is 13.1. The molecular weight excluding hydrogens is 358 g/mol. The van der Waals surface area contributed by atoms with Crippen LogP contribution >= 0.6 is 15.9 Å². The van der Waals surface area contributed by atoms with Crippen LogP contribution in [-0.2, 0) is 6.61 Å². The van der Waals surface area contributed by atoms with Gasteiger partial charge in [0.2, 0.25) is 0 Å². The molecule has 0 atom stereocenters. The van der Waals surface area contributed by atoms with Gasteiger partial charge < -0.3 is 14.2 Å². The lowest BCUT2D eigenvalue weighted by atomic mass is 10.2. The summed E-state index contributed by atoms with van der Waals surface area (Å²) in [5, 5.41) is 8.80. The third-order valence-corrected chi connectivity index (χ3v) is 3.83. The largest absolute Gasteiger partial charge is 0.490 e. The van der Waals surface area contributed by atoms with Crippen molar-refractivity contribution in [3.63, 3.8) is 0 Å². The van der Waals surface area contributed by atoms with Crippen LogP contribution in [0.3, 0.4) is 0 Å². The van der Waals surface area contributed by atoms with Gasteiger partial charge in [-0.1, -0.05) is 15.9 Å². The van der Waals surface area contributed by atoms with Crippen LogP contribution in [0.1, 0.15) is 25.0 Å². The highest BCUT2D eigenvalue weighted by molar-refractivity contribution is 9.10. The number of ether oxygens (including phenoxy) is 3. The summed E-state index contributed by atoms with van der Waals surface area (Å²) in [4.78, 5) is 0. The molecule has 23 heavy (non-hydrogen) atoms. The quantitative estimate of drug-likeness (QED) is 0.703. The molecule has 0 aliphatic carbocycles. The first-order chi connectivity index (χ1) is 11.2. The Morgan fingerprint density at radius 2 is 1.57 bits per heavy atom. The third-order valence-electron chi connectivity index (χ3n) is 3.09. The van der Waals surface area contributed by atoms with E-state index in [0.717, 1.165) is 10.0 Å². The van der Waals surface area contributed by atoms with Crippen molar-refractivity contribution in [3.8, 4) is 23.3 Å². The molecule has 0 aliphatic heterocycles. The maximum absolute atomic E-state index is 8.80. The van der Waals surface area contributed by atoms with Crippen molar-refractivity contribution in [3.05, 3.63) is 52.0 Å². The monoisotopic (exact) mass is 375 g/mol. The summed E-state index contributed by atoms with van der Waals surface area (Å²) in [6.07, 6.45) is 0. The Labute approximate surface area is 144 Å². The first-order valence-electron chi connectivity index (χ1n) is 7.38. The van der Waals surface area contributed by atoms with Crippen molar-refractivity contribution < 1.29 is 14.2 Å². The molecule has 0 heterocycles. The molecule has 0 aliphatic rings. The fourth-order valence-electron chi connectivity index (χ4n) is 2.01. The molecule has 0 amide bonds. The van der Waals surface area contributed by atoms with Gasteiger partial charge in [0.1, 0.15) is 12.4 Å². The average molecular weight is 376 g/mol. The number of nitrogens with zero attached hydrogens (tertiary/aromatic N) is 1. The number of hydrogen-bond donors (Lipinski definition) is 0. The molecule has 0 radical (unpaired) electrons. The molecular formula is C18H18BrNO3. The topological polar surface area (TPSA) is 51.5 Å². The van der Waals surface area contributed by atoms with Crippen molar-refractivity contribution in [2.45, 2.75) is 20.5 Å². The van der Waals surface area contributed by atoms with E-state index in [4.69, 9.17) is 19.5 Å². The summed E-state index contributed by atoms with van der Waals surface area (Å²) in [6.45, 7) is 5.40. The third kappa shape index (κ3) is 4.64. The standard InChI is InChI=1S/C18H18BrNO3/c1-3-21-17-9-14(16(19)10-18(17)22-4-2)12-23-15-7-5-13(11-20)6-8-15/h5-10H,3-4,12H2,1-2H3. The highest BCUT2D eigenvalue weighted by Crippen LogP contribution is 2.34. The zero-order chi connectivity index (χ0) is 16.7. The van der Waals surface area contributed by atoms with E-state index in [-0.39, 0.29) is 0 Å². The van der Waals surface area contributed by atoms with Crippen LogP contribution in [0.4, 0.5) is 0 Å². The van der Waals surface area contributed by atoms with E-state index in [2.05, 4.69) is 22.0 Å². The maximum atomic E-state index is 8.80. The van der Waals surface area contributed by atoms with Gasteiger partial charge in [-0.25, -0.2) is 0 Å². The second-order valence-corrected chi connectivity index (χ2v) is 5.54. The van der Waals surface area contributed by atoms with Crippen LogP contribution in [0, 0.1) is 11.3 Å². The fraction of sp³-hybridized carbons (Fsp3) is 0.278. The lowest BCUT2D eigenvalue weighted by molar-refractivity contribution is 0.282. The number of benzene rings is 2. The van der Waals surface area contributed by atoms with Crippen molar-refractivity contribution >= 4 is 15.9 Å². The molecule has 0 saturated carbocycles. The summed E-state index contributed by atoms with van der Waals surface area (Å²) in [6, 6.07) is 12.9. The van der Waals surface area contributed by atoms with Crippen molar-refractivity contribution in [1.29, 1.82) is 5.26 Å². The molecule has 2 aromatic carbocycles. The minimum absolute atomic E-state index is 0.388. The molecule has 0 aromatic heterocycles. The van der Waals surface area contributed by atoms with Crippen molar-refractivity contribution in [2.24, 2.45) is 0 Å². The van der Waals surface area contributed by atoms with E-state index in [1.54, 1.807) is 24.3 Å². The predicted molar refractivity (Wildman–Crippen MR) is 92.0 cm³/mol. The van der Waals surface area contributed by atoms with Crippen LogP contribution in [0.5, 0.6) is 17.2 Å². The molecule has 2 rings (SSSR count). The molecule has 0 bridgehead atoms. The molecule has 5 heteroatoms. The minimum Gasteiger partial charge on any atom is -0.490 e. The summed E-state index contributed by atoms with van der Waals surface area (Å²) in [7, 11) is 0. The first kappa shape index (κ1) is 17.2. The van der Waals surface area contributed by atoms with Gasteiger partial charge in [-0.05, 0) is 50.2 Å². The Kier molecular flexibility index (Phi) is 6.30. The van der Waals surface area contributed by atoms with Crippen LogP contribution < -0.4 is 14.2 Å². The highest BCUT2D eigenvalue weighted by atomic mass is 79.9. The van der Waals surface area contributed by atoms with E-state index < -0.39 is 0 Å². The Balaban J connectivity index is 2.14. The Bertz CT molecular complexity index is 693. The van der Waals surface area contributed by atoms with Gasteiger partial charge >= 0.3 is 0 Å². The van der Waals surface area contributed by atoms with Crippen LogP contribution in [-0.4, -0.2) is 13.2 Å². The highest BCUT2D eigenvalue weighted by Gasteiger charge is 2.11. The van der Waals surface area contributed by atoms with E-state index in [1.165, 1.54) is 0 Å². The lowest BCUT2D eigenvalue weighted by Crippen LogP contribution is -2.02. The van der Waals surface area contributed by atoms with Crippen molar-refractivity contribution in [1.82, 2.24) is 0 Å². The Hall–Kier alpha value is -2.19. The normalized spacial score (nSPS) is 10.0. The molecule has 0 unspecified atom stereocenters. The van der Waals surface area contributed by atoms with Gasteiger partial charge in [-0.2, -0.15) is 5.26 Å². The minimum atomic E-state index is 0.388. The van der Waals surface area contributed by atoms with Gasteiger partial charge in [-0.3, -0.25) is 0 Å². The fourth-order valence-corrected chi connectivity index (χ4v) is 2.45. The smallest absolute Gasteiger partial charge is 0.162 e. The second-order valence-electron chi connectivity index (χ2n) is 4.68. The summed E-state index contributed by atoms with van der Waals surface area (Å²) in [5.74, 6) is 2.13. The maximum Gasteiger partial charge on any atom is 0.162 e. The number of hydrogen-bond acceptors (Lipinski definition) is 4. The number of rotatable bonds is 7. The molecule has 4 nitrogen and oxygen atoms in total. The summed E-state index contributed by atoms with van der Waals surface area (Å²) < 4.78 is 17.9. The average Bonchev–Trinajstić information content (AvgIpc) is 2.57. The van der Waals surface area contributed by atoms with E-state index in [1.807, 2.05) is 26.0 Å². The van der Waals surface area contributed by atoms with E-state index >= 15 is 0 Å². The van der Waals surface area contributed by atoms with Gasteiger partial charge in [-0.15, -0.1) is 0 Å². The molecule has 2 aromatic rings. The molecule has 0 N–H and O–H groups in total. The van der Waals surface area contributed by atoms with Crippen molar-refractivity contribution in [2.75, 3.05) is 13.2 Å². The predicted octanol–water partition coefficient (Wildman–Crippen LogP) is 4.70. The Morgan fingerprint density at radius 3 is 2.13 bits per heavy atom. The van der Waals surface area contributed by atoms with Crippen LogP contribution in [0.2, 0.25) is 0 Å². The van der Waals surface area contributed by atoms with E-state index in [0.29, 0.717) is 42.6 Å². The molecule has 120 valence electrons. The van der Waals surface area contributed by atoms with Gasteiger partial charge in [0.05, 0.1) is 24.8 Å². The lowest BCUT2D eigenvalue weighted by Gasteiger charge is -2.14. The SMILES string of the molecule is CCOc1cc(Br)c(COc2ccc(C#N)cc2)cc1OCC. The van der Waals surface area contributed by atoms with Gasteiger partial charge in [0.25, 0.3) is 0 Å². The van der Waals surface area contributed by atoms with Gasteiger partial charge in [0, 0.05) is 10.0 Å². The second kappa shape index (κ2) is 8.44. The van der Waals surface area contributed by atoms with E-state index in [9.17, 15) is 0 Å². The number of halogens is 1. The van der Waals surface area contributed by atoms with Gasteiger partial charge in [0.15, 0.2) is 11.5 Å². The Morgan fingerprint density at radius 1 is 0.957 bits per heavy atom.